The molecule has 0 spiro atoms. The Morgan fingerprint density at radius 2 is 1.89 bits per heavy atom. The van der Waals surface area contributed by atoms with E-state index in [1.807, 2.05) is 39.0 Å². The maximum Gasteiger partial charge on any atom is 0.328 e. The second-order valence-corrected chi connectivity index (χ2v) is 5.01. The van der Waals surface area contributed by atoms with E-state index in [-0.39, 0.29) is 12.0 Å². The Morgan fingerprint density at radius 3 is 2.47 bits per heavy atom. The molecule has 1 rings (SSSR count). The van der Waals surface area contributed by atoms with E-state index in [1.54, 1.807) is 0 Å². The highest BCUT2D eigenvalue weighted by atomic mass is 16.5. The van der Waals surface area contributed by atoms with Gasteiger partial charge in [0.1, 0.15) is 6.04 Å². The van der Waals surface area contributed by atoms with Gasteiger partial charge in [0.25, 0.3) is 0 Å². The molecule has 0 saturated heterocycles. The van der Waals surface area contributed by atoms with Crippen LogP contribution in [-0.4, -0.2) is 18.6 Å². The number of carbonyl (C=O) groups excluding carboxylic acids is 1. The molecule has 19 heavy (non-hydrogen) atoms. The summed E-state index contributed by atoms with van der Waals surface area (Å²) in [5, 5.41) is 3.24. The summed E-state index contributed by atoms with van der Waals surface area (Å²) >= 11 is 0. The van der Waals surface area contributed by atoms with Gasteiger partial charge in [0.15, 0.2) is 0 Å². The number of anilines is 1. The number of benzene rings is 1. The molecule has 0 bridgehead atoms. The van der Waals surface area contributed by atoms with Crippen molar-refractivity contribution in [1.82, 2.24) is 0 Å². The number of hydrogen-bond acceptors (Lipinski definition) is 3. The molecule has 0 aliphatic heterocycles. The Balaban J connectivity index is 2.50. The van der Waals surface area contributed by atoms with Gasteiger partial charge in [-0.05, 0) is 38.3 Å². The van der Waals surface area contributed by atoms with Gasteiger partial charge in [0.05, 0.1) is 6.61 Å². The average Bonchev–Trinajstić information content (AvgIpc) is 2.38. The summed E-state index contributed by atoms with van der Waals surface area (Å²) in [6, 6.07) is 5.77. The van der Waals surface area contributed by atoms with Gasteiger partial charge < -0.3 is 10.1 Å². The van der Waals surface area contributed by atoms with E-state index in [0.717, 1.165) is 36.1 Å². The summed E-state index contributed by atoms with van der Waals surface area (Å²) in [6.45, 7) is 8.57. The zero-order valence-corrected chi connectivity index (χ0v) is 12.5. The third-order valence-corrected chi connectivity index (χ3v) is 3.19. The van der Waals surface area contributed by atoms with Gasteiger partial charge in [-0.25, -0.2) is 4.79 Å². The van der Waals surface area contributed by atoms with Crippen LogP contribution < -0.4 is 5.32 Å². The Labute approximate surface area is 116 Å². The molecule has 0 amide bonds. The monoisotopic (exact) mass is 263 g/mol. The second-order valence-electron chi connectivity index (χ2n) is 5.01. The van der Waals surface area contributed by atoms with Crippen LogP contribution in [0, 0.1) is 13.8 Å². The largest absolute Gasteiger partial charge is 0.464 e. The highest BCUT2D eigenvalue weighted by molar-refractivity contribution is 5.79. The smallest absolute Gasteiger partial charge is 0.328 e. The number of nitrogens with one attached hydrogen (secondary N) is 1. The number of rotatable bonds is 7. The Bertz CT molecular complexity index is 395. The quantitative estimate of drug-likeness (QED) is 0.600. The van der Waals surface area contributed by atoms with Crippen molar-refractivity contribution in [2.75, 3.05) is 11.9 Å². The van der Waals surface area contributed by atoms with Crippen molar-refractivity contribution in [2.45, 2.75) is 53.0 Å². The van der Waals surface area contributed by atoms with Gasteiger partial charge in [-0.3, -0.25) is 0 Å². The zero-order chi connectivity index (χ0) is 14.3. The first-order valence-corrected chi connectivity index (χ1v) is 7.05. The average molecular weight is 263 g/mol. The molecular weight excluding hydrogens is 238 g/mol. The first kappa shape index (κ1) is 15.5. The summed E-state index contributed by atoms with van der Waals surface area (Å²) in [6.07, 6.45) is 3.18. The van der Waals surface area contributed by atoms with Gasteiger partial charge in [-0.1, -0.05) is 38.0 Å². The molecule has 0 radical (unpaired) electrons. The van der Waals surface area contributed by atoms with Crippen LogP contribution in [0.15, 0.2) is 18.2 Å². The number of ether oxygens (including phenoxy) is 1. The predicted molar refractivity (Wildman–Crippen MR) is 79.5 cm³/mol. The van der Waals surface area contributed by atoms with E-state index in [0.29, 0.717) is 6.61 Å². The van der Waals surface area contributed by atoms with Crippen LogP contribution in [0.25, 0.3) is 0 Å². The second kappa shape index (κ2) is 7.82. The minimum absolute atomic E-state index is 0.182. The Hall–Kier alpha value is -1.51. The zero-order valence-electron chi connectivity index (χ0n) is 12.5. The molecule has 3 heteroatoms. The van der Waals surface area contributed by atoms with Crippen molar-refractivity contribution >= 4 is 11.7 Å². The summed E-state index contributed by atoms with van der Waals surface area (Å²) < 4.78 is 5.26. The van der Waals surface area contributed by atoms with Crippen molar-refractivity contribution in [3.05, 3.63) is 29.3 Å². The summed E-state index contributed by atoms with van der Waals surface area (Å²) in [4.78, 5) is 11.8. The van der Waals surface area contributed by atoms with Crippen molar-refractivity contribution in [3.63, 3.8) is 0 Å². The van der Waals surface area contributed by atoms with Crippen LogP contribution in [0.4, 0.5) is 5.69 Å². The van der Waals surface area contributed by atoms with Gasteiger partial charge in [-0.15, -0.1) is 0 Å². The molecule has 1 N–H and O–H groups in total. The molecule has 0 aliphatic rings. The van der Waals surface area contributed by atoms with E-state index < -0.39 is 0 Å². The predicted octanol–water partition coefficient (Wildman–Crippen LogP) is 3.84. The maximum atomic E-state index is 11.8. The maximum absolute atomic E-state index is 11.8. The first-order chi connectivity index (χ1) is 9.06. The fraction of sp³-hybridized carbons (Fsp3) is 0.562. The Morgan fingerprint density at radius 1 is 1.26 bits per heavy atom. The number of aryl methyl sites for hydroxylation is 2. The first-order valence-electron chi connectivity index (χ1n) is 7.05. The van der Waals surface area contributed by atoms with E-state index in [1.165, 1.54) is 0 Å². The van der Waals surface area contributed by atoms with E-state index in [2.05, 4.69) is 12.2 Å². The van der Waals surface area contributed by atoms with Gasteiger partial charge in [-0.2, -0.15) is 0 Å². The van der Waals surface area contributed by atoms with E-state index in [9.17, 15) is 4.79 Å². The number of esters is 1. The summed E-state index contributed by atoms with van der Waals surface area (Å²) in [5.41, 5.74) is 3.32. The number of para-hydroxylation sites is 1. The van der Waals surface area contributed by atoms with Gasteiger partial charge >= 0.3 is 5.97 Å². The van der Waals surface area contributed by atoms with Crippen molar-refractivity contribution in [3.8, 4) is 0 Å². The molecule has 1 atom stereocenters. The molecule has 1 aromatic carbocycles. The molecule has 0 aromatic heterocycles. The highest BCUT2D eigenvalue weighted by Gasteiger charge is 2.15. The lowest BCUT2D eigenvalue weighted by atomic mass is 10.1. The molecule has 0 heterocycles. The van der Waals surface area contributed by atoms with Crippen molar-refractivity contribution < 1.29 is 9.53 Å². The van der Waals surface area contributed by atoms with Crippen LogP contribution in [0.1, 0.15) is 44.2 Å². The highest BCUT2D eigenvalue weighted by Crippen LogP contribution is 2.20. The molecule has 0 fully saturated rings. The van der Waals surface area contributed by atoms with Crippen LogP contribution in [0.2, 0.25) is 0 Å². The van der Waals surface area contributed by atoms with Crippen LogP contribution in [-0.2, 0) is 9.53 Å². The van der Waals surface area contributed by atoms with E-state index >= 15 is 0 Å². The molecule has 1 aromatic rings. The van der Waals surface area contributed by atoms with Crippen LogP contribution >= 0.6 is 0 Å². The van der Waals surface area contributed by atoms with Crippen molar-refractivity contribution in [2.24, 2.45) is 0 Å². The van der Waals surface area contributed by atoms with E-state index in [4.69, 9.17) is 4.74 Å². The van der Waals surface area contributed by atoms with Crippen LogP contribution in [0.3, 0.4) is 0 Å². The van der Waals surface area contributed by atoms with Gasteiger partial charge in [0, 0.05) is 5.69 Å². The lowest BCUT2D eigenvalue weighted by molar-refractivity contribution is -0.144. The fourth-order valence-corrected chi connectivity index (χ4v) is 1.97. The molecule has 106 valence electrons. The topological polar surface area (TPSA) is 38.3 Å². The molecule has 0 aliphatic carbocycles. The molecule has 0 saturated carbocycles. The standard InChI is InChI=1S/C16H25NO2/c1-5-6-7-11-19-16(18)14(4)17-15-12(2)9-8-10-13(15)3/h8-10,14,17H,5-7,11H2,1-4H3. The molecule has 3 nitrogen and oxygen atoms in total. The van der Waals surface area contributed by atoms with Crippen LogP contribution in [0.5, 0.6) is 0 Å². The number of carbonyl (C=O) groups is 1. The number of unbranched alkanes of at least 4 members (excludes halogenated alkanes) is 2. The molecule has 1 unspecified atom stereocenters. The van der Waals surface area contributed by atoms with Crippen molar-refractivity contribution in [1.29, 1.82) is 0 Å². The lowest BCUT2D eigenvalue weighted by Gasteiger charge is -2.18. The minimum Gasteiger partial charge on any atom is -0.464 e. The normalized spacial score (nSPS) is 12.0. The third kappa shape index (κ3) is 4.93. The lowest BCUT2D eigenvalue weighted by Crippen LogP contribution is -2.29. The molecular formula is C16H25NO2. The summed E-state index contributed by atoms with van der Waals surface area (Å²) in [5.74, 6) is -0.182. The number of hydrogen-bond donors (Lipinski definition) is 1. The summed E-state index contributed by atoms with van der Waals surface area (Å²) in [7, 11) is 0. The third-order valence-electron chi connectivity index (χ3n) is 3.19. The SMILES string of the molecule is CCCCCOC(=O)C(C)Nc1c(C)cccc1C. The Kier molecular flexibility index (Phi) is 6.40. The van der Waals surface area contributed by atoms with Gasteiger partial charge in [0.2, 0.25) is 0 Å². The fourth-order valence-electron chi connectivity index (χ4n) is 1.97. The minimum atomic E-state index is -0.318.